The molecule has 4 amide bonds. The number of nitrogens with one attached hydrogen (secondary N) is 1. The maximum atomic E-state index is 15.4. The Hall–Kier alpha value is -6.06. The van der Waals surface area contributed by atoms with Crippen molar-refractivity contribution >= 4 is 64.0 Å². The van der Waals surface area contributed by atoms with Gasteiger partial charge in [0, 0.05) is 34.8 Å². The molecule has 0 bridgehead atoms. The van der Waals surface area contributed by atoms with E-state index in [0.717, 1.165) is 11.0 Å². The molecular weight excluding hydrogens is 802 g/mol. The summed E-state index contributed by atoms with van der Waals surface area (Å²) in [7, 11) is 0. The van der Waals surface area contributed by atoms with E-state index >= 15 is 4.79 Å². The molecule has 296 valence electrons. The number of carbonyl (C=O) groups is 4. The number of rotatable bonds is 8. The third-order valence-electron chi connectivity index (χ3n) is 11.7. The number of imide groups is 2. The van der Waals surface area contributed by atoms with Gasteiger partial charge < -0.3 is 5.11 Å². The predicted molar refractivity (Wildman–Crippen MR) is 204 cm³/mol. The number of phenols is 1. The number of amides is 4. The minimum Gasteiger partial charge on any atom is -0.507 e. The summed E-state index contributed by atoms with van der Waals surface area (Å²) in [5.74, 6) is -8.91. The molecule has 2 saturated heterocycles. The van der Waals surface area contributed by atoms with Gasteiger partial charge in [-0.2, -0.15) is 18.2 Å². The van der Waals surface area contributed by atoms with Crippen molar-refractivity contribution in [2.24, 2.45) is 23.7 Å². The molecule has 1 aromatic heterocycles. The molecule has 12 nitrogen and oxygen atoms in total. The van der Waals surface area contributed by atoms with E-state index in [1.165, 1.54) is 30.3 Å². The lowest BCUT2D eigenvalue weighted by Crippen LogP contribution is -2.53. The van der Waals surface area contributed by atoms with E-state index in [4.69, 9.17) is 23.2 Å². The van der Waals surface area contributed by atoms with Gasteiger partial charge in [0.05, 0.1) is 44.4 Å². The number of anilines is 2. The second-order valence-electron chi connectivity index (χ2n) is 14.6. The van der Waals surface area contributed by atoms with E-state index in [1.54, 1.807) is 42.5 Å². The van der Waals surface area contributed by atoms with Crippen LogP contribution in [0.4, 0.5) is 30.4 Å². The number of alkyl halides is 3. The normalized spacial score (nSPS) is 25.3. The number of hydrogen-bond acceptors (Lipinski definition) is 9. The second-order valence-corrected chi connectivity index (χ2v) is 15.4. The zero-order valence-corrected chi connectivity index (χ0v) is 31.5. The lowest BCUT2D eigenvalue weighted by molar-refractivity contribution is -0.384. The summed E-state index contributed by atoms with van der Waals surface area (Å²) in [4.78, 5) is 74.6. The molecule has 3 aromatic carbocycles. The third-order valence-corrected chi connectivity index (χ3v) is 12.2. The molecule has 6 atom stereocenters. The van der Waals surface area contributed by atoms with Crippen LogP contribution in [0.25, 0.3) is 0 Å². The van der Waals surface area contributed by atoms with Gasteiger partial charge in [-0.3, -0.25) is 34.7 Å². The number of aromatic nitrogens is 1. The molecule has 0 radical (unpaired) electrons. The highest BCUT2D eigenvalue weighted by atomic mass is 35.5. The van der Waals surface area contributed by atoms with Crippen molar-refractivity contribution in [3.63, 3.8) is 0 Å². The first-order valence-electron chi connectivity index (χ1n) is 18.0. The average Bonchev–Trinajstić information content (AvgIpc) is 3.57. The molecule has 3 heterocycles. The number of nitro benzene ring substituents is 1. The Labute approximate surface area is 337 Å². The van der Waals surface area contributed by atoms with Gasteiger partial charge in [-0.25, -0.2) is 9.88 Å². The number of para-hydroxylation sites is 1. The summed E-state index contributed by atoms with van der Waals surface area (Å²) in [6.45, 7) is 3.78. The fourth-order valence-corrected chi connectivity index (χ4v) is 9.63. The number of allylic oxidation sites excluding steroid dienone is 3. The summed E-state index contributed by atoms with van der Waals surface area (Å²) >= 11 is 12.6. The average molecular weight is 833 g/mol. The summed E-state index contributed by atoms with van der Waals surface area (Å²) in [6, 6.07) is 16.9. The summed E-state index contributed by atoms with van der Waals surface area (Å²) in [6.07, 6.45) is -0.877. The van der Waals surface area contributed by atoms with Crippen molar-refractivity contribution in [1.29, 1.82) is 0 Å². The Balaban J connectivity index is 1.32. The lowest BCUT2D eigenvalue weighted by Gasteiger charge is -2.50. The zero-order valence-electron chi connectivity index (χ0n) is 30.0. The molecule has 6 unspecified atom stereocenters. The summed E-state index contributed by atoms with van der Waals surface area (Å²) in [5, 5.41) is 24.0. The maximum Gasteiger partial charge on any atom is 0.417 e. The first-order valence-corrected chi connectivity index (χ1v) is 18.7. The number of hydrogen-bond donors (Lipinski definition) is 2. The Morgan fingerprint density at radius 1 is 1.00 bits per heavy atom. The number of benzene rings is 3. The molecule has 0 spiro atoms. The molecule has 2 N–H and O–H groups in total. The minimum absolute atomic E-state index is 0.00112. The maximum absolute atomic E-state index is 15.4. The third kappa shape index (κ3) is 5.85. The number of fused-ring (bicyclic) bond motifs is 4. The molecular formula is C41H30Cl2F3N5O7. The van der Waals surface area contributed by atoms with Gasteiger partial charge in [0.15, 0.2) is 5.82 Å². The fourth-order valence-electron chi connectivity index (χ4n) is 9.29. The number of halogens is 5. The van der Waals surface area contributed by atoms with Crippen LogP contribution < -0.4 is 10.3 Å². The Kier molecular flexibility index (Phi) is 9.43. The number of carbonyl (C=O) groups excluding carboxylic acids is 4. The highest BCUT2D eigenvalue weighted by molar-refractivity contribution is 6.33. The Bertz CT molecular complexity index is 2500. The predicted octanol–water partition coefficient (Wildman–Crippen LogP) is 7.94. The van der Waals surface area contributed by atoms with Crippen LogP contribution in [0.15, 0.2) is 103 Å². The van der Waals surface area contributed by atoms with Crippen molar-refractivity contribution in [2.45, 2.75) is 36.8 Å². The number of non-ortho nitro benzene ring substituents is 1. The van der Waals surface area contributed by atoms with Crippen LogP contribution in [-0.4, -0.2) is 43.7 Å². The quantitative estimate of drug-likeness (QED) is 0.0777. The molecule has 17 heteroatoms. The first-order chi connectivity index (χ1) is 27.6. The molecule has 2 aliphatic carbocycles. The van der Waals surface area contributed by atoms with Crippen molar-refractivity contribution in [2.75, 3.05) is 10.3 Å². The van der Waals surface area contributed by atoms with Crippen LogP contribution in [0.5, 0.6) is 5.75 Å². The second kappa shape index (κ2) is 14.1. The van der Waals surface area contributed by atoms with Gasteiger partial charge in [0.25, 0.3) is 17.5 Å². The fraction of sp³-hybridized carbons (Fsp3) is 0.244. The summed E-state index contributed by atoms with van der Waals surface area (Å²) in [5.41, 5.74) is 0.680. The highest BCUT2D eigenvalue weighted by Gasteiger charge is 2.71. The van der Waals surface area contributed by atoms with Crippen LogP contribution in [0.2, 0.25) is 10.0 Å². The smallest absolute Gasteiger partial charge is 0.417 e. The standard InChI is InChI=1S/C41H30Cl2F3N5O7/c1-2-5-20-6-3-9-28(34(20)52)33-26-14-15-27-32(38(55)49(36(27)53)24-7-4-8-25(17-24)51(57)58)29(26)18-30-37(54)50(39(56)40(30,33)21-10-12-23(42)13-11-21)48-35-31(43)16-22(19-47-35)41(44,45)46/h2-4,6-14,16-17,19,27,29-30,32-33,52H,1,5,15,18H2,(H,47,48). The first kappa shape index (κ1) is 38.8. The Morgan fingerprint density at radius 3 is 2.40 bits per heavy atom. The van der Waals surface area contributed by atoms with E-state index in [1.807, 2.05) is 0 Å². The van der Waals surface area contributed by atoms with E-state index in [0.29, 0.717) is 39.0 Å². The molecule has 8 rings (SSSR count). The number of hydrazine groups is 1. The van der Waals surface area contributed by atoms with E-state index in [9.17, 15) is 42.8 Å². The molecule has 4 aromatic rings. The van der Waals surface area contributed by atoms with Gasteiger partial charge in [-0.1, -0.05) is 77.3 Å². The van der Waals surface area contributed by atoms with Gasteiger partial charge >= 0.3 is 6.18 Å². The van der Waals surface area contributed by atoms with E-state index in [2.05, 4.69) is 17.0 Å². The highest BCUT2D eigenvalue weighted by Crippen LogP contribution is 2.65. The molecule has 2 aliphatic heterocycles. The van der Waals surface area contributed by atoms with Crippen molar-refractivity contribution < 1.29 is 42.4 Å². The number of phenolic OH excluding ortho intramolecular Hbond substituents is 1. The van der Waals surface area contributed by atoms with Crippen molar-refractivity contribution in [1.82, 2.24) is 9.99 Å². The van der Waals surface area contributed by atoms with Crippen LogP contribution in [-0.2, 0) is 37.2 Å². The zero-order chi connectivity index (χ0) is 41.4. The van der Waals surface area contributed by atoms with Gasteiger partial charge in [-0.05, 0) is 60.6 Å². The van der Waals surface area contributed by atoms with Gasteiger partial charge in [0.1, 0.15) is 5.75 Å². The van der Waals surface area contributed by atoms with Gasteiger partial charge in [0.2, 0.25) is 11.8 Å². The lowest BCUT2D eigenvalue weighted by atomic mass is 9.49. The topological polar surface area (TPSA) is 163 Å². The molecule has 1 saturated carbocycles. The van der Waals surface area contributed by atoms with Crippen molar-refractivity contribution in [3.8, 4) is 5.75 Å². The largest absolute Gasteiger partial charge is 0.507 e. The molecule has 4 aliphatic rings. The van der Waals surface area contributed by atoms with E-state index in [-0.39, 0.29) is 42.0 Å². The Morgan fingerprint density at radius 2 is 1.72 bits per heavy atom. The molecule has 58 heavy (non-hydrogen) atoms. The monoisotopic (exact) mass is 831 g/mol. The molecule has 3 fully saturated rings. The number of pyridine rings is 1. The number of nitro groups is 1. The minimum atomic E-state index is -4.79. The number of aromatic hydroxyl groups is 1. The van der Waals surface area contributed by atoms with Gasteiger partial charge in [-0.15, -0.1) is 6.58 Å². The summed E-state index contributed by atoms with van der Waals surface area (Å²) < 4.78 is 40.6. The number of nitrogens with zero attached hydrogens (tertiary/aromatic N) is 4. The van der Waals surface area contributed by atoms with Crippen molar-refractivity contribution in [3.05, 3.63) is 146 Å². The van der Waals surface area contributed by atoms with Crippen LogP contribution >= 0.6 is 23.2 Å². The van der Waals surface area contributed by atoms with Crippen LogP contribution in [0.3, 0.4) is 0 Å². The SMILES string of the molecule is C=CCc1cccc(C2C3=CCC4C(=O)N(c5cccc([N+](=O)[O-])c5)C(=O)C4C3CC3C(=O)N(Nc4ncc(C(F)(F)F)cc4Cl)C(=O)C32c2ccc(Cl)cc2)c1O. The van der Waals surface area contributed by atoms with Crippen LogP contribution in [0.1, 0.15) is 41.0 Å². The van der Waals surface area contributed by atoms with Crippen LogP contribution in [0, 0.1) is 33.8 Å². The van der Waals surface area contributed by atoms with E-state index < -0.39 is 86.1 Å².